The molecule has 4 aromatic carbocycles. The predicted octanol–water partition coefficient (Wildman–Crippen LogP) is 4.50. The van der Waals surface area contributed by atoms with Gasteiger partial charge in [-0.15, -0.1) is 0 Å². The summed E-state index contributed by atoms with van der Waals surface area (Å²) in [5.74, 6) is -1.96. The van der Waals surface area contributed by atoms with Gasteiger partial charge in [-0.25, -0.2) is 4.79 Å². The molecule has 1 aliphatic heterocycles. The van der Waals surface area contributed by atoms with Crippen LogP contribution >= 0.6 is 18.6 Å². The van der Waals surface area contributed by atoms with E-state index in [-0.39, 0.29) is 16.4 Å². The summed E-state index contributed by atoms with van der Waals surface area (Å²) in [4.78, 5) is 41.3. The predicted molar refractivity (Wildman–Crippen MR) is 160 cm³/mol. The number of hydrogen-bond acceptors (Lipinski definition) is 4. The van der Waals surface area contributed by atoms with Crippen LogP contribution in [-0.2, 0) is 20.8 Å². The number of nitrogens with zero attached hydrogens (tertiary/aromatic N) is 1. The first-order valence-electron chi connectivity index (χ1n) is 12.7. The van der Waals surface area contributed by atoms with Crippen molar-refractivity contribution in [1.29, 1.82) is 0 Å². The molecule has 0 radical (unpaired) electrons. The zero-order chi connectivity index (χ0) is 27.4. The van der Waals surface area contributed by atoms with E-state index in [9.17, 15) is 19.5 Å². The number of aliphatic carboxylic acids is 1. The van der Waals surface area contributed by atoms with Crippen molar-refractivity contribution in [3.8, 4) is 0 Å². The van der Waals surface area contributed by atoms with E-state index < -0.39 is 24.1 Å². The lowest BCUT2D eigenvalue weighted by molar-refractivity contribution is -0.145. The van der Waals surface area contributed by atoms with E-state index in [1.54, 1.807) is 0 Å². The van der Waals surface area contributed by atoms with Gasteiger partial charge in [0, 0.05) is 13.8 Å². The summed E-state index contributed by atoms with van der Waals surface area (Å²) >= 11 is 1.03. The monoisotopic (exact) mass is 553 g/mol. The number of thioether (sulfide) groups is 1. The highest BCUT2D eigenvalue weighted by atomic mass is 32.2. The fourth-order valence-electron chi connectivity index (χ4n) is 5.29. The number of carboxylic acid groups (broad SMARTS) is 1. The number of β-lactam (4-membered cyclic amide) rings is 1. The molecule has 5 rings (SSSR count). The third-order valence-electron chi connectivity index (χ3n) is 6.91. The SMILES string of the molecule is CC(=O)SC1C(Cc2ccccc2)C(=O)N1C(C(=O)O)=P(c1ccccc1)(c1ccccc1)c1ccccc1. The molecule has 0 bridgehead atoms. The molecular formula is C32H28NO4PS. The van der Waals surface area contributed by atoms with Gasteiger partial charge in [0.2, 0.25) is 5.91 Å². The van der Waals surface area contributed by atoms with Crippen molar-refractivity contribution in [3.05, 3.63) is 127 Å². The number of likely N-dealkylation sites (tertiary alicyclic amines) is 1. The van der Waals surface area contributed by atoms with Gasteiger partial charge in [-0.2, -0.15) is 0 Å². The minimum absolute atomic E-state index is 0.0270. The standard InChI is InChI=1S/C32H28NO4PS/c1-23(34)39-31-28(22-24-14-6-2-7-15-24)29(35)33(31)30(32(36)37)38(25-16-8-3-9-17-25,26-18-10-4-11-19-26)27-20-12-5-13-21-27/h2-21,28,31H,22H2,1H3,(H,36,37). The number of carbonyl (C=O) groups is 3. The first kappa shape index (κ1) is 26.7. The lowest BCUT2D eigenvalue weighted by Crippen LogP contribution is -2.65. The lowest BCUT2D eigenvalue weighted by Gasteiger charge is -2.49. The zero-order valence-corrected chi connectivity index (χ0v) is 23.1. The summed E-state index contributed by atoms with van der Waals surface area (Å²) in [5, 5.41) is 12.7. The van der Waals surface area contributed by atoms with Crippen LogP contribution in [0.25, 0.3) is 0 Å². The maximum Gasteiger partial charge on any atom is 0.353 e. The van der Waals surface area contributed by atoms with Crippen LogP contribution in [0.3, 0.4) is 0 Å². The Bertz CT molecular complexity index is 1440. The number of amides is 1. The first-order valence-corrected chi connectivity index (χ1v) is 15.3. The summed E-state index contributed by atoms with van der Waals surface area (Å²) in [6, 6.07) is 38.3. The molecule has 39 heavy (non-hydrogen) atoms. The van der Waals surface area contributed by atoms with Gasteiger partial charge in [0.1, 0.15) is 10.8 Å². The second kappa shape index (κ2) is 11.5. The molecule has 1 saturated heterocycles. The smallest absolute Gasteiger partial charge is 0.353 e. The molecule has 0 saturated carbocycles. The Balaban J connectivity index is 1.83. The van der Waals surface area contributed by atoms with Crippen LogP contribution in [0.5, 0.6) is 0 Å². The molecule has 0 aromatic heterocycles. The van der Waals surface area contributed by atoms with E-state index in [4.69, 9.17) is 0 Å². The Morgan fingerprint density at radius 3 is 1.54 bits per heavy atom. The molecule has 5 nitrogen and oxygen atoms in total. The zero-order valence-electron chi connectivity index (χ0n) is 21.4. The molecule has 2 unspecified atom stereocenters. The maximum atomic E-state index is 14.0. The Morgan fingerprint density at radius 2 is 1.15 bits per heavy atom. The van der Waals surface area contributed by atoms with Crippen molar-refractivity contribution in [2.75, 3.05) is 0 Å². The molecule has 1 heterocycles. The highest BCUT2D eigenvalue weighted by molar-refractivity contribution is 8.14. The number of hydrogen-bond donors (Lipinski definition) is 1. The van der Waals surface area contributed by atoms with Crippen molar-refractivity contribution >= 4 is 57.0 Å². The van der Waals surface area contributed by atoms with Crippen LogP contribution in [0, 0.1) is 5.92 Å². The van der Waals surface area contributed by atoms with Crippen LogP contribution in [0.1, 0.15) is 12.5 Å². The Hall–Kier alpha value is -3.86. The van der Waals surface area contributed by atoms with Crippen molar-refractivity contribution in [3.63, 3.8) is 0 Å². The molecule has 196 valence electrons. The quantitative estimate of drug-likeness (QED) is 0.257. The van der Waals surface area contributed by atoms with E-state index >= 15 is 0 Å². The third kappa shape index (κ3) is 4.98. The Labute approximate surface area is 232 Å². The number of rotatable bonds is 8. The molecule has 1 amide bonds. The summed E-state index contributed by atoms with van der Waals surface area (Å²) < 4.78 is 0. The summed E-state index contributed by atoms with van der Waals surface area (Å²) in [5.41, 5.74) is 0.996. The molecule has 1 aliphatic rings. The van der Waals surface area contributed by atoms with E-state index in [1.807, 2.05) is 121 Å². The highest BCUT2D eigenvalue weighted by Crippen LogP contribution is 2.50. The van der Waals surface area contributed by atoms with E-state index in [0.717, 1.165) is 33.2 Å². The summed E-state index contributed by atoms with van der Waals surface area (Å²) in [7, 11) is 0. The Kier molecular flexibility index (Phi) is 7.87. The van der Waals surface area contributed by atoms with Gasteiger partial charge in [0.25, 0.3) is 0 Å². The summed E-state index contributed by atoms with van der Waals surface area (Å²) in [6.45, 7) is -1.61. The van der Waals surface area contributed by atoms with Crippen LogP contribution in [-0.4, -0.2) is 37.8 Å². The van der Waals surface area contributed by atoms with Gasteiger partial charge in [-0.3, -0.25) is 14.5 Å². The van der Waals surface area contributed by atoms with E-state index in [0.29, 0.717) is 6.42 Å². The minimum atomic E-state index is -3.07. The summed E-state index contributed by atoms with van der Waals surface area (Å²) in [6.07, 6.45) is 0.432. The average molecular weight is 554 g/mol. The van der Waals surface area contributed by atoms with Crippen molar-refractivity contribution in [1.82, 2.24) is 4.90 Å². The molecular weight excluding hydrogens is 525 g/mol. The van der Waals surface area contributed by atoms with Crippen LogP contribution in [0.4, 0.5) is 0 Å². The number of carboxylic acids is 1. The topological polar surface area (TPSA) is 74.7 Å². The van der Waals surface area contributed by atoms with Gasteiger partial charge in [-0.1, -0.05) is 133 Å². The van der Waals surface area contributed by atoms with Gasteiger partial charge in [0.15, 0.2) is 5.12 Å². The second-order valence-electron chi connectivity index (χ2n) is 9.31. The van der Waals surface area contributed by atoms with Crippen molar-refractivity contribution in [2.24, 2.45) is 5.92 Å². The molecule has 0 spiro atoms. The molecule has 4 aromatic rings. The molecule has 7 heteroatoms. The fraction of sp³-hybridized carbons (Fsp3) is 0.125. The number of carbonyl (C=O) groups excluding carboxylic acids is 2. The van der Waals surface area contributed by atoms with E-state index in [1.165, 1.54) is 11.8 Å². The van der Waals surface area contributed by atoms with E-state index in [2.05, 4.69) is 0 Å². The molecule has 1 fully saturated rings. The highest BCUT2D eigenvalue weighted by Gasteiger charge is 2.54. The fourth-order valence-corrected chi connectivity index (χ4v) is 10.7. The number of benzene rings is 4. The molecule has 1 N–H and O–H groups in total. The van der Waals surface area contributed by atoms with Gasteiger partial charge < -0.3 is 5.11 Å². The normalized spacial score (nSPS) is 16.8. The van der Waals surface area contributed by atoms with Crippen molar-refractivity contribution in [2.45, 2.75) is 18.7 Å². The second-order valence-corrected chi connectivity index (χ2v) is 13.9. The van der Waals surface area contributed by atoms with Crippen molar-refractivity contribution < 1.29 is 19.5 Å². The molecule has 0 aliphatic carbocycles. The largest absolute Gasteiger partial charge is 0.477 e. The van der Waals surface area contributed by atoms with Gasteiger partial charge >= 0.3 is 5.97 Å². The molecule has 2 atom stereocenters. The average Bonchev–Trinajstić information content (AvgIpc) is 2.97. The Morgan fingerprint density at radius 1 is 0.744 bits per heavy atom. The van der Waals surface area contributed by atoms with Gasteiger partial charge in [-0.05, 0) is 27.9 Å². The first-order chi connectivity index (χ1) is 18.9. The van der Waals surface area contributed by atoms with Gasteiger partial charge in [0.05, 0.1) is 5.92 Å². The lowest BCUT2D eigenvalue weighted by atomic mass is 9.90. The maximum absolute atomic E-state index is 14.0. The minimum Gasteiger partial charge on any atom is -0.477 e. The van der Waals surface area contributed by atoms with Crippen LogP contribution < -0.4 is 15.9 Å². The van der Waals surface area contributed by atoms with Crippen LogP contribution in [0.15, 0.2) is 121 Å². The van der Waals surface area contributed by atoms with Crippen LogP contribution in [0.2, 0.25) is 0 Å². The third-order valence-corrected chi connectivity index (χ3v) is 12.3.